The molecule has 2 aromatic heterocycles. The van der Waals surface area contributed by atoms with E-state index >= 15 is 0 Å². The minimum Gasteiger partial charge on any atom is -0.306 e. The number of nitrogens with one attached hydrogen (secondary N) is 1. The molecule has 0 aliphatic heterocycles. The van der Waals surface area contributed by atoms with Crippen molar-refractivity contribution in [2.45, 2.75) is 13.8 Å². The second-order valence-corrected chi connectivity index (χ2v) is 5.59. The standard InChI is InChI=1S/C17H15ClN4O/c1-11-5-3-8-16(20-11)21-17(23)15-10-19-22(12(15)2)14-7-4-6-13(18)9-14/h3-10H,1-2H3,(H,20,21,23). The number of benzene rings is 1. The number of nitrogens with zero attached hydrogens (tertiary/aromatic N) is 3. The number of rotatable bonds is 3. The van der Waals surface area contributed by atoms with Gasteiger partial charge in [0.1, 0.15) is 5.82 Å². The summed E-state index contributed by atoms with van der Waals surface area (Å²) in [6, 6.07) is 12.8. The van der Waals surface area contributed by atoms with Crippen molar-refractivity contribution < 1.29 is 4.79 Å². The molecule has 116 valence electrons. The van der Waals surface area contributed by atoms with E-state index < -0.39 is 0 Å². The Bertz CT molecular complexity index is 873. The smallest absolute Gasteiger partial charge is 0.260 e. The first kappa shape index (κ1) is 15.2. The summed E-state index contributed by atoms with van der Waals surface area (Å²) in [6.07, 6.45) is 1.54. The lowest BCUT2D eigenvalue weighted by Crippen LogP contribution is -2.14. The van der Waals surface area contributed by atoms with Gasteiger partial charge in [0.25, 0.3) is 5.91 Å². The van der Waals surface area contributed by atoms with Gasteiger partial charge in [-0.1, -0.05) is 23.7 Å². The molecule has 1 amide bonds. The normalized spacial score (nSPS) is 10.6. The number of carbonyl (C=O) groups excluding carboxylic acids is 1. The molecule has 6 heteroatoms. The maximum Gasteiger partial charge on any atom is 0.260 e. The summed E-state index contributed by atoms with van der Waals surface area (Å²) in [5.41, 5.74) is 2.88. The zero-order valence-corrected chi connectivity index (χ0v) is 13.5. The van der Waals surface area contributed by atoms with Crippen LogP contribution in [0.15, 0.2) is 48.7 Å². The van der Waals surface area contributed by atoms with E-state index in [0.29, 0.717) is 16.4 Å². The van der Waals surface area contributed by atoms with Crippen molar-refractivity contribution in [3.63, 3.8) is 0 Å². The van der Waals surface area contributed by atoms with Crippen molar-refractivity contribution in [3.8, 4) is 5.69 Å². The van der Waals surface area contributed by atoms with Gasteiger partial charge >= 0.3 is 0 Å². The molecule has 0 saturated carbocycles. The number of carbonyl (C=O) groups is 1. The van der Waals surface area contributed by atoms with Crippen molar-refractivity contribution in [1.82, 2.24) is 14.8 Å². The van der Waals surface area contributed by atoms with Crippen LogP contribution in [0.2, 0.25) is 5.02 Å². The topological polar surface area (TPSA) is 59.8 Å². The molecular weight excluding hydrogens is 312 g/mol. The van der Waals surface area contributed by atoms with Gasteiger partial charge in [0.15, 0.2) is 0 Å². The lowest BCUT2D eigenvalue weighted by atomic mass is 10.2. The Balaban J connectivity index is 1.88. The van der Waals surface area contributed by atoms with Crippen LogP contribution in [0.5, 0.6) is 0 Å². The van der Waals surface area contributed by atoms with Gasteiger partial charge in [-0.05, 0) is 44.2 Å². The second kappa shape index (κ2) is 6.22. The monoisotopic (exact) mass is 326 g/mol. The predicted molar refractivity (Wildman–Crippen MR) is 90.2 cm³/mol. The number of anilines is 1. The van der Waals surface area contributed by atoms with Crippen molar-refractivity contribution in [3.05, 3.63) is 70.6 Å². The van der Waals surface area contributed by atoms with Gasteiger partial charge in [-0.15, -0.1) is 0 Å². The average molecular weight is 327 g/mol. The van der Waals surface area contributed by atoms with Crippen LogP contribution in [0.3, 0.4) is 0 Å². The maximum absolute atomic E-state index is 12.4. The SMILES string of the molecule is Cc1cccc(NC(=O)c2cnn(-c3cccc(Cl)c3)c2C)n1. The lowest BCUT2D eigenvalue weighted by molar-refractivity contribution is 0.102. The minimum atomic E-state index is -0.242. The van der Waals surface area contributed by atoms with Crippen LogP contribution >= 0.6 is 11.6 Å². The van der Waals surface area contributed by atoms with Crippen molar-refractivity contribution in [2.75, 3.05) is 5.32 Å². The van der Waals surface area contributed by atoms with Gasteiger partial charge < -0.3 is 5.32 Å². The Hall–Kier alpha value is -2.66. The fourth-order valence-corrected chi connectivity index (χ4v) is 2.48. The van der Waals surface area contributed by atoms with Crippen molar-refractivity contribution in [1.29, 1.82) is 0 Å². The number of aromatic nitrogens is 3. The molecule has 5 nitrogen and oxygen atoms in total. The highest BCUT2D eigenvalue weighted by atomic mass is 35.5. The first-order chi connectivity index (χ1) is 11.0. The van der Waals surface area contributed by atoms with Gasteiger partial charge in [-0.3, -0.25) is 4.79 Å². The average Bonchev–Trinajstić information content (AvgIpc) is 2.89. The summed E-state index contributed by atoms with van der Waals surface area (Å²) in [5, 5.41) is 7.69. The quantitative estimate of drug-likeness (QED) is 0.796. The summed E-state index contributed by atoms with van der Waals surface area (Å²) >= 11 is 6.01. The van der Waals surface area contributed by atoms with E-state index in [1.165, 1.54) is 0 Å². The Kier molecular flexibility index (Phi) is 4.12. The van der Waals surface area contributed by atoms with Gasteiger partial charge in [0, 0.05) is 10.7 Å². The molecule has 1 aromatic carbocycles. The zero-order chi connectivity index (χ0) is 16.4. The van der Waals surface area contributed by atoms with Gasteiger partial charge in [-0.2, -0.15) is 5.10 Å². The summed E-state index contributed by atoms with van der Waals surface area (Å²) in [4.78, 5) is 16.7. The molecule has 0 saturated heterocycles. The molecule has 0 radical (unpaired) electrons. The highest BCUT2D eigenvalue weighted by Crippen LogP contribution is 2.18. The number of pyridine rings is 1. The summed E-state index contributed by atoms with van der Waals surface area (Å²) < 4.78 is 1.68. The summed E-state index contributed by atoms with van der Waals surface area (Å²) in [6.45, 7) is 3.71. The van der Waals surface area contributed by atoms with Crippen molar-refractivity contribution in [2.24, 2.45) is 0 Å². The molecule has 0 atom stereocenters. The number of amides is 1. The van der Waals surface area contributed by atoms with Crippen molar-refractivity contribution >= 4 is 23.3 Å². The van der Waals surface area contributed by atoms with Crippen LogP contribution < -0.4 is 5.32 Å². The Morgan fingerprint density at radius 2 is 1.96 bits per heavy atom. The molecule has 0 fully saturated rings. The van der Waals surface area contributed by atoms with E-state index in [4.69, 9.17) is 11.6 Å². The third kappa shape index (κ3) is 3.24. The molecule has 2 heterocycles. The Morgan fingerprint density at radius 1 is 1.17 bits per heavy atom. The molecule has 0 aliphatic rings. The van der Waals surface area contributed by atoms with E-state index in [2.05, 4.69) is 15.4 Å². The van der Waals surface area contributed by atoms with E-state index in [1.54, 1.807) is 29.1 Å². The third-order valence-electron chi connectivity index (χ3n) is 3.44. The molecular formula is C17H15ClN4O. The predicted octanol–water partition coefficient (Wildman–Crippen LogP) is 3.79. The van der Waals surface area contributed by atoms with Crippen LogP contribution in [-0.4, -0.2) is 20.7 Å². The molecule has 0 spiro atoms. The fraction of sp³-hybridized carbons (Fsp3) is 0.118. The molecule has 1 N–H and O–H groups in total. The molecule has 3 rings (SSSR count). The number of halogens is 1. The van der Waals surface area contributed by atoms with Gasteiger partial charge in [-0.25, -0.2) is 9.67 Å². The Labute approximate surface area is 138 Å². The van der Waals surface area contributed by atoms with Crippen LogP contribution in [0.1, 0.15) is 21.7 Å². The van der Waals surface area contributed by atoms with Gasteiger partial charge in [0.05, 0.1) is 23.1 Å². The largest absolute Gasteiger partial charge is 0.306 e. The number of hydrogen-bond acceptors (Lipinski definition) is 3. The van der Waals surface area contributed by atoms with E-state index in [0.717, 1.165) is 17.1 Å². The molecule has 23 heavy (non-hydrogen) atoms. The Morgan fingerprint density at radius 3 is 2.70 bits per heavy atom. The van der Waals surface area contributed by atoms with E-state index in [-0.39, 0.29) is 5.91 Å². The molecule has 0 aliphatic carbocycles. The number of aryl methyl sites for hydroxylation is 1. The first-order valence-corrected chi connectivity index (χ1v) is 7.48. The van der Waals surface area contributed by atoms with E-state index in [1.807, 2.05) is 38.1 Å². The van der Waals surface area contributed by atoms with Crippen LogP contribution in [-0.2, 0) is 0 Å². The minimum absolute atomic E-state index is 0.242. The van der Waals surface area contributed by atoms with E-state index in [9.17, 15) is 4.79 Å². The van der Waals surface area contributed by atoms with Gasteiger partial charge in [0.2, 0.25) is 0 Å². The third-order valence-corrected chi connectivity index (χ3v) is 3.67. The highest BCUT2D eigenvalue weighted by Gasteiger charge is 2.15. The first-order valence-electron chi connectivity index (χ1n) is 7.10. The summed E-state index contributed by atoms with van der Waals surface area (Å²) in [5.74, 6) is 0.277. The van der Waals surface area contributed by atoms with Crippen LogP contribution in [0.25, 0.3) is 5.69 Å². The van der Waals surface area contributed by atoms with Crippen LogP contribution in [0, 0.1) is 13.8 Å². The second-order valence-electron chi connectivity index (χ2n) is 5.15. The maximum atomic E-state index is 12.4. The molecule has 0 unspecified atom stereocenters. The molecule has 0 bridgehead atoms. The lowest BCUT2D eigenvalue weighted by Gasteiger charge is -2.07. The highest BCUT2D eigenvalue weighted by molar-refractivity contribution is 6.30. The fourth-order valence-electron chi connectivity index (χ4n) is 2.30. The summed E-state index contributed by atoms with van der Waals surface area (Å²) in [7, 11) is 0. The molecule has 3 aromatic rings. The zero-order valence-electron chi connectivity index (χ0n) is 12.7. The van der Waals surface area contributed by atoms with Crippen LogP contribution in [0.4, 0.5) is 5.82 Å². The number of hydrogen-bond donors (Lipinski definition) is 1.